The zero-order chi connectivity index (χ0) is 15.1. The van der Waals surface area contributed by atoms with Crippen LogP contribution in [0.3, 0.4) is 0 Å². The van der Waals surface area contributed by atoms with E-state index in [1.807, 2.05) is 6.07 Å². The average molecular weight is 348 g/mol. The van der Waals surface area contributed by atoms with E-state index >= 15 is 0 Å². The van der Waals surface area contributed by atoms with Gasteiger partial charge >= 0.3 is 5.97 Å². The number of fused-ring (bicyclic) bond motifs is 2. The van der Waals surface area contributed by atoms with Crippen molar-refractivity contribution >= 4 is 40.5 Å². The Morgan fingerprint density at radius 1 is 1.43 bits per heavy atom. The molecule has 3 heterocycles. The molecule has 2 bridgehead atoms. The van der Waals surface area contributed by atoms with E-state index in [4.69, 9.17) is 28.3 Å². The Hall–Kier alpha value is -0.290. The summed E-state index contributed by atoms with van der Waals surface area (Å²) < 4.78 is 1.51. The highest BCUT2D eigenvalue weighted by atomic mass is 35.5. The highest BCUT2D eigenvalue weighted by molar-refractivity contribution is 7.20. The molecular weight excluding hydrogens is 329 g/mol. The van der Waals surface area contributed by atoms with Crippen molar-refractivity contribution in [1.82, 2.24) is 4.90 Å². The standard InChI is InChI=1S/C15H19Cl2NO2S/c1-8(12-7-13(16)21-15(12)17)18-10-2-3-11(18)5-9(4-10)6-14(19)20/h7-11H,2-6H2,1H3,(H,19,20). The first-order valence-electron chi connectivity index (χ1n) is 7.39. The van der Waals surface area contributed by atoms with Gasteiger partial charge in [0.1, 0.15) is 0 Å². The third-order valence-corrected chi connectivity index (χ3v) is 6.45. The fraction of sp³-hybridized carbons (Fsp3) is 0.667. The molecule has 2 aliphatic heterocycles. The predicted molar refractivity (Wildman–Crippen MR) is 86.4 cm³/mol. The topological polar surface area (TPSA) is 40.5 Å². The van der Waals surface area contributed by atoms with Gasteiger partial charge in [-0.05, 0) is 44.6 Å². The maximum Gasteiger partial charge on any atom is 0.303 e. The lowest BCUT2D eigenvalue weighted by molar-refractivity contribution is -0.138. The summed E-state index contributed by atoms with van der Waals surface area (Å²) in [6.07, 6.45) is 4.62. The summed E-state index contributed by atoms with van der Waals surface area (Å²) in [5.74, 6) is -0.349. The zero-order valence-corrected chi connectivity index (χ0v) is 14.2. The molecular formula is C15H19Cl2NO2S. The number of carboxylic acid groups (broad SMARTS) is 1. The summed E-state index contributed by atoms with van der Waals surface area (Å²) in [6.45, 7) is 2.19. The Balaban J connectivity index is 1.76. The molecule has 3 unspecified atom stereocenters. The van der Waals surface area contributed by atoms with Gasteiger partial charge in [0, 0.05) is 30.1 Å². The van der Waals surface area contributed by atoms with Crippen molar-refractivity contribution in [3.8, 4) is 0 Å². The molecule has 2 fully saturated rings. The molecule has 1 N–H and O–H groups in total. The van der Waals surface area contributed by atoms with Gasteiger partial charge in [0.15, 0.2) is 0 Å². The van der Waals surface area contributed by atoms with E-state index in [0.29, 0.717) is 24.4 Å². The molecule has 116 valence electrons. The minimum atomic E-state index is -0.673. The molecule has 0 radical (unpaired) electrons. The number of hydrogen-bond donors (Lipinski definition) is 1. The van der Waals surface area contributed by atoms with E-state index in [-0.39, 0.29) is 6.04 Å². The van der Waals surface area contributed by atoms with Crippen LogP contribution in [0.2, 0.25) is 8.67 Å². The van der Waals surface area contributed by atoms with E-state index in [0.717, 1.165) is 27.1 Å². The number of rotatable bonds is 4. The molecule has 1 aromatic rings. The molecule has 0 spiro atoms. The van der Waals surface area contributed by atoms with Gasteiger partial charge in [0.25, 0.3) is 0 Å². The lowest BCUT2D eigenvalue weighted by Gasteiger charge is -2.42. The van der Waals surface area contributed by atoms with Crippen molar-refractivity contribution in [2.75, 3.05) is 0 Å². The monoisotopic (exact) mass is 347 g/mol. The largest absolute Gasteiger partial charge is 0.481 e. The number of carbonyl (C=O) groups is 1. The van der Waals surface area contributed by atoms with Gasteiger partial charge in [-0.2, -0.15) is 0 Å². The minimum Gasteiger partial charge on any atom is -0.481 e. The van der Waals surface area contributed by atoms with Gasteiger partial charge in [-0.1, -0.05) is 23.2 Å². The maximum atomic E-state index is 10.9. The first kappa shape index (κ1) is 15.6. The highest BCUT2D eigenvalue weighted by Gasteiger charge is 2.43. The van der Waals surface area contributed by atoms with Crippen LogP contribution in [0.5, 0.6) is 0 Å². The number of halogens is 2. The van der Waals surface area contributed by atoms with Crippen molar-refractivity contribution in [2.45, 2.75) is 57.2 Å². The van der Waals surface area contributed by atoms with Crippen LogP contribution in [-0.2, 0) is 4.79 Å². The molecule has 21 heavy (non-hydrogen) atoms. The minimum absolute atomic E-state index is 0.254. The molecule has 0 aliphatic carbocycles. The molecule has 6 heteroatoms. The van der Waals surface area contributed by atoms with E-state index in [1.54, 1.807) is 0 Å². The maximum absolute atomic E-state index is 10.9. The van der Waals surface area contributed by atoms with Gasteiger partial charge in [-0.3, -0.25) is 9.69 Å². The summed E-state index contributed by atoms with van der Waals surface area (Å²) in [7, 11) is 0. The lowest BCUT2D eigenvalue weighted by Crippen LogP contribution is -2.44. The van der Waals surface area contributed by atoms with Crippen LogP contribution in [0.25, 0.3) is 0 Å². The number of carboxylic acids is 1. The quantitative estimate of drug-likeness (QED) is 0.847. The molecule has 0 aromatic carbocycles. The molecule has 0 amide bonds. The van der Waals surface area contributed by atoms with Gasteiger partial charge in [0.2, 0.25) is 0 Å². The molecule has 1 aromatic heterocycles. The molecule has 2 saturated heterocycles. The highest BCUT2D eigenvalue weighted by Crippen LogP contribution is 2.46. The van der Waals surface area contributed by atoms with E-state index < -0.39 is 5.97 Å². The Morgan fingerprint density at radius 3 is 2.52 bits per heavy atom. The second-order valence-corrected chi connectivity index (χ2v) is 8.51. The van der Waals surface area contributed by atoms with Crippen LogP contribution >= 0.6 is 34.5 Å². The van der Waals surface area contributed by atoms with Crippen molar-refractivity contribution < 1.29 is 9.90 Å². The van der Waals surface area contributed by atoms with Crippen LogP contribution in [-0.4, -0.2) is 28.1 Å². The number of piperidine rings is 1. The first-order chi connectivity index (χ1) is 9.95. The van der Waals surface area contributed by atoms with Crippen molar-refractivity contribution in [3.63, 3.8) is 0 Å². The molecule has 3 rings (SSSR count). The molecule has 3 nitrogen and oxygen atoms in total. The molecule has 2 aliphatic rings. The fourth-order valence-corrected chi connectivity index (χ4v) is 5.80. The third-order valence-electron chi connectivity index (χ3n) is 4.93. The Labute approximate surface area is 138 Å². The summed E-state index contributed by atoms with van der Waals surface area (Å²) in [5.41, 5.74) is 1.11. The smallest absolute Gasteiger partial charge is 0.303 e. The van der Waals surface area contributed by atoms with Crippen LogP contribution < -0.4 is 0 Å². The Kier molecular flexibility index (Phi) is 4.51. The normalized spacial score (nSPS) is 30.5. The lowest BCUT2D eigenvalue weighted by atomic mass is 9.87. The summed E-state index contributed by atoms with van der Waals surface area (Å²) in [6, 6.07) is 3.20. The van der Waals surface area contributed by atoms with E-state index in [1.165, 1.54) is 24.2 Å². The summed E-state index contributed by atoms with van der Waals surface area (Å²) in [5, 5.41) is 9.01. The SMILES string of the molecule is CC(c1cc(Cl)sc1Cl)N1C2CCC1CC(CC(=O)O)C2. The third kappa shape index (κ3) is 3.09. The van der Waals surface area contributed by atoms with Crippen LogP contribution in [0.1, 0.15) is 50.6 Å². The second kappa shape index (κ2) is 6.07. The van der Waals surface area contributed by atoms with Gasteiger partial charge in [-0.25, -0.2) is 0 Å². The van der Waals surface area contributed by atoms with Gasteiger partial charge in [-0.15, -0.1) is 11.3 Å². The first-order valence-corrected chi connectivity index (χ1v) is 8.97. The van der Waals surface area contributed by atoms with Crippen molar-refractivity contribution in [3.05, 3.63) is 20.3 Å². The van der Waals surface area contributed by atoms with E-state index in [9.17, 15) is 4.79 Å². The number of nitrogens with zero attached hydrogens (tertiary/aromatic N) is 1. The number of thiophene rings is 1. The van der Waals surface area contributed by atoms with Crippen molar-refractivity contribution in [1.29, 1.82) is 0 Å². The number of aliphatic carboxylic acids is 1. The second-order valence-electron chi connectivity index (χ2n) is 6.22. The van der Waals surface area contributed by atoms with Crippen LogP contribution in [0.15, 0.2) is 6.07 Å². The van der Waals surface area contributed by atoms with E-state index in [2.05, 4.69) is 11.8 Å². The summed E-state index contributed by atoms with van der Waals surface area (Å²) in [4.78, 5) is 13.5. The van der Waals surface area contributed by atoms with Crippen molar-refractivity contribution in [2.24, 2.45) is 5.92 Å². The predicted octanol–water partition coefficient (Wildman–Crippen LogP) is 4.83. The molecule has 0 saturated carbocycles. The fourth-order valence-electron chi connectivity index (χ4n) is 4.17. The van der Waals surface area contributed by atoms with Gasteiger partial charge < -0.3 is 5.11 Å². The number of hydrogen-bond acceptors (Lipinski definition) is 3. The van der Waals surface area contributed by atoms with Crippen LogP contribution in [0, 0.1) is 5.92 Å². The Morgan fingerprint density at radius 2 is 2.05 bits per heavy atom. The van der Waals surface area contributed by atoms with Gasteiger partial charge in [0.05, 0.1) is 8.67 Å². The average Bonchev–Trinajstić information content (AvgIpc) is 2.85. The molecule has 3 atom stereocenters. The zero-order valence-electron chi connectivity index (χ0n) is 11.9. The van der Waals surface area contributed by atoms with Crippen LogP contribution in [0.4, 0.5) is 0 Å². The summed E-state index contributed by atoms with van der Waals surface area (Å²) >= 11 is 13.8. The Bertz CT molecular complexity index is 534.